The molecule has 0 saturated heterocycles. The Morgan fingerprint density at radius 2 is 2.04 bits per heavy atom. The third-order valence-corrected chi connectivity index (χ3v) is 8.96. The molecule has 1 aliphatic heterocycles. The summed E-state index contributed by atoms with van der Waals surface area (Å²) in [5.74, 6) is -1.82. The number of carbonyl (C=O) groups is 4. The number of aryl methyl sites for hydroxylation is 1. The number of hydrogen-bond acceptors (Lipinski definition) is 8. The summed E-state index contributed by atoms with van der Waals surface area (Å²) in [5.41, 5.74) is 3.61. The van der Waals surface area contributed by atoms with Crippen molar-refractivity contribution in [3.63, 3.8) is 0 Å². The fourth-order valence-electron chi connectivity index (χ4n) is 6.41. The van der Waals surface area contributed by atoms with Crippen molar-refractivity contribution < 1.29 is 33.0 Å². The number of fused-ring (bicyclic) bond motifs is 4. The summed E-state index contributed by atoms with van der Waals surface area (Å²) >= 11 is 0. The van der Waals surface area contributed by atoms with Gasteiger partial charge in [0.1, 0.15) is 24.3 Å². The number of pyridine rings is 2. The van der Waals surface area contributed by atoms with E-state index in [9.17, 15) is 24.0 Å². The molecule has 46 heavy (non-hydrogen) atoms. The molecule has 0 bridgehead atoms. The quantitative estimate of drug-likeness (QED) is 0.112. The van der Waals surface area contributed by atoms with Crippen LogP contribution in [0.4, 0.5) is 4.39 Å². The van der Waals surface area contributed by atoms with Crippen molar-refractivity contribution in [2.45, 2.75) is 70.6 Å². The van der Waals surface area contributed by atoms with E-state index < -0.39 is 29.3 Å². The van der Waals surface area contributed by atoms with Crippen molar-refractivity contribution in [1.29, 1.82) is 0 Å². The Balaban J connectivity index is 1.58. The molecular formula is C32H37BFN5O7. The molecule has 3 aromatic rings. The largest absolute Gasteiger partial charge is 0.380 e. The Bertz CT molecular complexity index is 1810. The fraction of sp³-hybridized carbons (Fsp3) is 0.438. The van der Waals surface area contributed by atoms with Gasteiger partial charge in [0.15, 0.2) is 7.85 Å². The Morgan fingerprint density at radius 1 is 1.28 bits per heavy atom. The lowest BCUT2D eigenvalue weighted by Crippen LogP contribution is -2.50. The van der Waals surface area contributed by atoms with E-state index in [2.05, 4.69) is 16.0 Å². The molecule has 3 atom stereocenters. The molecule has 1 aromatic carbocycles. The van der Waals surface area contributed by atoms with E-state index in [4.69, 9.17) is 14.5 Å². The zero-order chi connectivity index (χ0) is 33.3. The van der Waals surface area contributed by atoms with Crippen LogP contribution in [-0.4, -0.2) is 67.8 Å². The van der Waals surface area contributed by atoms with Crippen LogP contribution in [0, 0.1) is 12.7 Å². The molecule has 242 valence electrons. The molecule has 3 unspecified atom stereocenters. The first-order valence-corrected chi connectivity index (χ1v) is 15.2. The van der Waals surface area contributed by atoms with E-state index in [1.165, 1.54) is 13.2 Å². The lowest BCUT2D eigenvalue weighted by Gasteiger charge is -2.33. The number of aromatic nitrogens is 2. The second kappa shape index (κ2) is 13.1. The van der Waals surface area contributed by atoms with E-state index in [1.54, 1.807) is 26.3 Å². The highest BCUT2D eigenvalue weighted by atomic mass is 19.1. The Labute approximate surface area is 265 Å². The predicted molar refractivity (Wildman–Crippen MR) is 169 cm³/mol. The number of benzene rings is 1. The molecule has 0 radical (unpaired) electrons. The Hall–Kier alpha value is -4.43. The summed E-state index contributed by atoms with van der Waals surface area (Å²) in [4.78, 5) is 66.7. The van der Waals surface area contributed by atoms with Gasteiger partial charge in [-0.2, -0.15) is 0 Å². The molecule has 12 nitrogen and oxygen atoms in total. The van der Waals surface area contributed by atoms with Crippen molar-refractivity contribution in [2.24, 2.45) is 0 Å². The van der Waals surface area contributed by atoms with Gasteiger partial charge in [0, 0.05) is 35.6 Å². The first-order chi connectivity index (χ1) is 22.0. The summed E-state index contributed by atoms with van der Waals surface area (Å²) in [6.07, 6.45) is 2.68. The van der Waals surface area contributed by atoms with Crippen LogP contribution in [0.1, 0.15) is 72.0 Å². The number of nitrogens with zero attached hydrogens (tertiary/aromatic N) is 2. The smallest absolute Gasteiger partial charge is 0.257 e. The van der Waals surface area contributed by atoms with Crippen LogP contribution in [0.2, 0.25) is 0 Å². The third kappa shape index (κ3) is 5.82. The van der Waals surface area contributed by atoms with Crippen LogP contribution in [0.25, 0.3) is 22.3 Å². The van der Waals surface area contributed by atoms with Crippen molar-refractivity contribution in [3.8, 4) is 11.4 Å². The predicted octanol–water partition coefficient (Wildman–Crippen LogP) is 1.00. The minimum absolute atomic E-state index is 0.0355. The summed E-state index contributed by atoms with van der Waals surface area (Å²) in [5, 5.41) is 8.60. The first kappa shape index (κ1) is 33.0. The van der Waals surface area contributed by atoms with Gasteiger partial charge in [0.2, 0.25) is 18.2 Å². The number of carbonyl (C=O) groups excluding carboxylic acids is 4. The van der Waals surface area contributed by atoms with Crippen molar-refractivity contribution >= 4 is 43.3 Å². The highest BCUT2D eigenvalue weighted by molar-refractivity contribution is 6.27. The standard InChI is InChI=1S/C32H37BFN5O7/c1-5-17(12-40)19-8-25-29-20(11-39(25)30(43)21(19)13-45-4)28-23(7-6-18-16(2)22(34)9-24(37-29)27(18)28)38-31(44)32(3,33)46-15-36-26(42)10-35-14-41/h8-9,12,14,17,23H,5-7,10-11,13,15,33H2,1-4H3,(H,35,41)(H,36,42)(H,38,44). The van der Waals surface area contributed by atoms with Gasteiger partial charge in [-0.3, -0.25) is 19.2 Å². The van der Waals surface area contributed by atoms with Crippen LogP contribution < -0.4 is 21.5 Å². The number of amides is 3. The summed E-state index contributed by atoms with van der Waals surface area (Å²) in [7, 11) is 3.07. The first-order valence-electron chi connectivity index (χ1n) is 15.2. The molecule has 0 saturated carbocycles. The number of nitrogens with one attached hydrogen (secondary N) is 3. The topological polar surface area (TPSA) is 158 Å². The Morgan fingerprint density at radius 3 is 2.72 bits per heavy atom. The molecule has 3 amide bonds. The maximum absolute atomic E-state index is 15.2. The number of aldehydes is 1. The van der Waals surface area contributed by atoms with Gasteiger partial charge >= 0.3 is 0 Å². The average molecular weight is 633 g/mol. The highest BCUT2D eigenvalue weighted by Crippen LogP contribution is 2.45. The van der Waals surface area contributed by atoms with Crippen LogP contribution in [0.5, 0.6) is 0 Å². The average Bonchev–Trinajstić information content (AvgIpc) is 3.39. The molecular weight excluding hydrogens is 596 g/mol. The number of methoxy groups -OCH3 is 1. The van der Waals surface area contributed by atoms with Crippen LogP contribution >= 0.6 is 0 Å². The van der Waals surface area contributed by atoms with E-state index in [1.807, 2.05) is 13.0 Å². The van der Waals surface area contributed by atoms with Crippen molar-refractivity contribution in [3.05, 3.63) is 61.7 Å². The van der Waals surface area contributed by atoms with E-state index in [0.717, 1.165) is 28.4 Å². The maximum atomic E-state index is 15.2. The molecule has 5 rings (SSSR count). The van der Waals surface area contributed by atoms with Gasteiger partial charge < -0.3 is 34.8 Å². The molecule has 1 aliphatic carbocycles. The van der Waals surface area contributed by atoms with Gasteiger partial charge in [-0.05, 0) is 61.4 Å². The molecule has 3 N–H and O–H groups in total. The fourth-order valence-corrected chi connectivity index (χ4v) is 6.41. The maximum Gasteiger partial charge on any atom is 0.257 e. The van der Waals surface area contributed by atoms with Gasteiger partial charge in [0.25, 0.3) is 5.56 Å². The van der Waals surface area contributed by atoms with E-state index >= 15 is 4.39 Å². The number of halogens is 1. The molecule has 0 fully saturated rings. The van der Waals surface area contributed by atoms with Gasteiger partial charge in [-0.1, -0.05) is 6.92 Å². The lowest BCUT2D eigenvalue weighted by atomic mass is 9.79. The molecule has 3 heterocycles. The molecule has 0 spiro atoms. The molecule has 14 heteroatoms. The number of hydrogen-bond donors (Lipinski definition) is 3. The van der Waals surface area contributed by atoms with Crippen molar-refractivity contribution in [1.82, 2.24) is 25.5 Å². The van der Waals surface area contributed by atoms with Crippen LogP contribution in [0.15, 0.2) is 16.9 Å². The van der Waals surface area contributed by atoms with E-state index in [0.29, 0.717) is 59.3 Å². The van der Waals surface area contributed by atoms with Gasteiger partial charge in [-0.25, -0.2) is 9.37 Å². The minimum atomic E-state index is -1.35. The lowest BCUT2D eigenvalue weighted by molar-refractivity contribution is -0.139. The van der Waals surface area contributed by atoms with Gasteiger partial charge in [-0.15, -0.1) is 0 Å². The summed E-state index contributed by atoms with van der Waals surface area (Å²) in [6.45, 7) is 4.90. The monoisotopic (exact) mass is 633 g/mol. The van der Waals surface area contributed by atoms with Gasteiger partial charge in [0.05, 0.1) is 42.6 Å². The van der Waals surface area contributed by atoms with Crippen molar-refractivity contribution in [2.75, 3.05) is 20.4 Å². The number of ether oxygens (including phenoxy) is 2. The van der Waals surface area contributed by atoms with E-state index in [-0.39, 0.29) is 37.8 Å². The summed E-state index contributed by atoms with van der Waals surface area (Å²) < 4.78 is 27.8. The second-order valence-corrected chi connectivity index (χ2v) is 12.1. The zero-order valence-electron chi connectivity index (χ0n) is 26.5. The second-order valence-electron chi connectivity index (χ2n) is 12.1. The normalized spacial score (nSPS) is 16.6. The Kier molecular flexibility index (Phi) is 9.40. The summed E-state index contributed by atoms with van der Waals surface area (Å²) in [6, 6.07) is 2.69. The third-order valence-electron chi connectivity index (χ3n) is 8.96. The number of rotatable bonds is 13. The minimum Gasteiger partial charge on any atom is -0.380 e. The van der Waals surface area contributed by atoms with Crippen LogP contribution in [-0.2, 0) is 48.2 Å². The van der Waals surface area contributed by atoms with Crippen LogP contribution in [0.3, 0.4) is 0 Å². The molecule has 2 aromatic heterocycles. The highest BCUT2D eigenvalue weighted by Gasteiger charge is 2.37. The molecule has 2 aliphatic rings. The SMILES string of the molecule is BC(C)(OCNC(=O)CNC=O)C(=O)NC1CCc2c(C)c(F)cc3nc4c(c1c23)Cn1c-4cc(C(C=O)CC)c(COC)c1=O. The zero-order valence-corrected chi connectivity index (χ0v) is 26.5.